The van der Waals surface area contributed by atoms with Crippen molar-refractivity contribution in [1.29, 1.82) is 0 Å². The van der Waals surface area contributed by atoms with Crippen LogP contribution in [-0.4, -0.2) is 31.3 Å². The molecule has 31 heavy (non-hydrogen) atoms. The lowest BCUT2D eigenvalue weighted by Gasteiger charge is -2.41. The predicted molar refractivity (Wildman–Crippen MR) is 135 cm³/mol. The van der Waals surface area contributed by atoms with Crippen molar-refractivity contribution in [2.24, 2.45) is 0 Å². The van der Waals surface area contributed by atoms with Crippen LogP contribution in [0, 0.1) is 0 Å². The quantitative estimate of drug-likeness (QED) is 0.436. The van der Waals surface area contributed by atoms with E-state index in [0.717, 1.165) is 29.9 Å². The summed E-state index contributed by atoms with van der Waals surface area (Å²) in [4.78, 5) is 0. The molecule has 3 rings (SSSR count). The summed E-state index contributed by atoms with van der Waals surface area (Å²) in [6, 6.07) is 19.5. The smallest absolute Gasteiger partial charge is 0.192 e. The van der Waals surface area contributed by atoms with Crippen LogP contribution in [0.5, 0.6) is 0 Å². The fourth-order valence-corrected chi connectivity index (χ4v) is 9.27. The minimum absolute atomic E-state index is 0.164. The van der Waals surface area contributed by atoms with E-state index in [1.165, 1.54) is 0 Å². The van der Waals surface area contributed by atoms with Crippen molar-refractivity contribution in [1.82, 2.24) is 0 Å². The molecule has 1 fully saturated rings. The number of hydrogen-bond donors (Lipinski definition) is 1. The van der Waals surface area contributed by atoms with Crippen LogP contribution in [0.3, 0.4) is 0 Å². The van der Waals surface area contributed by atoms with Gasteiger partial charge in [0.2, 0.25) is 0 Å². The Hall–Kier alpha value is -1.19. The van der Waals surface area contributed by atoms with Crippen molar-refractivity contribution < 1.29 is 14.1 Å². The molecule has 1 saturated carbocycles. The fourth-order valence-electron chi connectivity index (χ4n) is 4.41. The van der Waals surface area contributed by atoms with Crippen molar-refractivity contribution in [2.45, 2.75) is 88.9 Å². The molecule has 2 aromatic rings. The second-order valence-corrected chi connectivity index (χ2v) is 18.2. The van der Waals surface area contributed by atoms with E-state index < -0.39 is 21.6 Å². The Morgan fingerprint density at radius 3 is 1.87 bits per heavy atom. The van der Waals surface area contributed by atoms with Gasteiger partial charge in [-0.15, -0.1) is 0 Å². The van der Waals surface area contributed by atoms with Crippen molar-refractivity contribution in [3.05, 3.63) is 60.7 Å². The van der Waals surface area contributed by atoms with Crippen LogP contribution in [0.1, 0.15) is 52.9 Å². The first-order valence-corrected chi connectivity index (χ1v) is 16.3. The lowest BCUT2D eigenvalue weighted by Crippen LogP contribution is -2.45. The SMILES string of the molecule is CC(C)(C)[Si](C)(C)OC1CCC[C@H](O)[C@@H](P(=O)(c2ccccc2)c2ccccc2)CC1. The maximum Gasteiger partial charge on any atom is 0.192 e. The second-order valence-electron chi connectivity index (χ2n) is 10.5. The minimum Gasteiger partial charge on any atom is -0.414 e. The fraction of sp³-hybridized carbons (Fsp3) is 0.538. The molecule has 0 radical (unpaired) electrons. The third kappa shape index (κ3) is 5.42. The summed E-state index contributed by atoms with van der Waals surface area (Å²) >= 11 is 0. The highest BCUT2D eigenvalue weighted by molar-refractivity contribution is 7.79. The molecular weight excluding hydrogens is 419 g/mol. The molecule has 170 valence electrons. The molecule has 0 bridgehead atoms. The highest BCUT2D eigenvalue weighted by Crippen LogP contribution is 2.53. The standard InChI is InChI=1S/C26H39O3PSi/c1-26(2,3)31(4,5)29-21-13-12-18-24(27)25(20-19-21)30(28,22-14-8-6-9-15-22)23-16-10-7-11-17-23/h6-11,14-17,21,24-25,27H,12-13,18-20H2,1-5H3/t21?,24-,25-/m0/s1. The lowest BCUT2D eigenvalue weighted by atomic mass is 9.96. The zero-order valence-corrected chi connectivity index (χ0v) is 21.6. The van der Waals surface area contributed by atoms with Crippen molar-refractivity contribution in [3.8, 4) is 0 Å². The minimum atomic E-state index is -3.01. The summed E-state index contributed by atoms with van der Waals surface area (Å²) in [7, 11) is -4.88. The number of hydrogen-bond acceptors (Lipinski definition) is 3. The highest BCUT2D eigenvalue weighted by Gasteiger charge is 2.43. The maximum absolute atomic E-state index is 14.8. The van der Waals surface area contributed by atoms with Gasteiger partial charge >= 0.3 is 0 Å². The molecule has 0 aromatic heterocycles. The van der Waals surface area contributed by atoms with Gasteiger partial charge in [-0.3, -0.25) is 0 Å². The maximum atomic E-state index is 14.8. The van der Waals surface area contributed by atoms with Crippen molar-refractivity contribution >= 4 is 26.1 Å². The Morgan fingerprint density at radius 2 is 1.39 bits per heavy atom. The number of benzene rings is 2. The Labute approximate surface area is 189 Å². The van der Waals surface area contributed by atoms with E-state index in [9.17, 15) is 9.67 Å². The van der Waals surface area contributed by atoms with E-state index in [4.69, 9.17) is 4.43 Å². The predicted octanol–water partition coefficient (Wildman–Crippen LogP) is 6.08. The Kier molecular flexibility index (Phi) is 7.69. The molecule has 1 unspecified atom stereocenters. The van der Waals surface area contributed by atoms with Gasteiger partial charge in [0.25, 0.3) is 0 Å². The van der Waals surface area contributed by atoms with Crippen molar-refractivity contribution in [2.75, 3.05) is 0 Å². The highest BCUT2D eigenvalue weighted by atomic mass is 31.2. The van der Waals surface area contributed by atoms with E-state index >= 15 is 0 Å². The van der Waals surface area contributed by atoms with Gasteiger partial charge in [-0.05, 0) is 50.2 Å². The first-order chi connectivity index (χ1) is 14.6. The van der Waals surface area contributed by atoms with Crippen molar-refractivity contribution in [3.63, 3.8) is 0 Å². The first-order valence-electron chi connectivity index (χ1n) is 11.6. The Bertz CT molecular complexity index is 833. The van der Waals surface area contributed by atoms with Gasteiger partial charge < -0.3 is 14.1 Å². The molecular formula is C26H39O3PSi. The first kappa shape index (κ1) is 24.4. The number of aliphatic hydroxyl groups is 1. The summed E-state index contributed by atoms with van der Waals surface area (Å²) in [5.41, 5.74) is -0.289. The van der Waals surface area contributed by atoms with Gasteiger partial charge in [0.15, 0.2) is 8.32 Å². The normalized spacial score (nSPS) is 23.7. The third-order valence-corrected chi connectivity index (χ3v) is 15.5. The molecule has 3 atom stereocenters. The summed E-state index contributed by atoms with van der Waals surface area (Å²) in [6.45, 7) is 11.4. The van der Waals surface area contributed by atoms with E-state index in [2.05, 4.69) is 33.9 Å². The molecule has 5 heteroatoms. The Balaban J connectivity index is 1.93. The monoisotopic (exact) mass is 458 g/mol. The van der Waals surface area contributed by atoms with E-state index in [1.54, 1.807) is 0 Å². The number of aliphatic hydroxyl groups excluding tert-OH is 1. The largest absolute Gasteiger partial charge is 0.414 e. The van der Waals surface area contributed by atoms with Crippen LogP contribution in [-0.2, 0) is 8.99 Å². The van der Waals surface area contributed by atoms with E-state index in [-0.39, 0.29) is 16.8 Å². The van der Waals surface area contributed by atoms with Crippen LogP contribution in [0.4, 0.5) is 0 Å². The molecule has 0 aliphatic heterocycles. The van der Waals surface area contributed by atoms with Gasteiger partial charge in [0, 0.05) is 22.4 Å². The zero-order valence-electron chi connectivity index (χ0n) is 19.8. The molecule has 0 heterocycles. The molecule has 2 aromatic carbocycles. The summed E-state index contributed by atoms with van der Waals surface area (Å²) < 4.78 is 21.6. The van der Waals surface area contributed by atoms with E-state index in [0.29, 0.717) is 12.8 Å². The van der Waals surface area contributed by atoms with Crippen LogP contribution in [0.15, 0.2) is 60.7 Å². The van der Waals surface area contributed by atoms with Crippen LogP contribution in [0.2, 0.25) is 18.1 Å². The average molecular weight is 459 g/mol. The summed E-state index contributed by atoms with van der Waals surface area (Å²) in [6.07, 6.45) is 3.71. The van der Waals surface area contributed by atoms with E-state index in [1.807, 2.05) is 60.7 Å². The molecule has 1 N–H and O–H groups in total. The second kappa shape index (κ2) is 9.75. The lowest BCUT2D eigenvalue weighted by molar-refractivity contribution is 0.102. The molecule has 0 saturated heterocycles. The molecule has 1 aliphatic carbocycles. The topological polar surface area (TPSA) is 46.5 Å². The number of rotatable bonds is 5. The average Bonchev–Trinajstić information content (AvgIpc) is 2.72. The van der Waals surface area contributed by atoms with Gasteiger partial charge in [0.1, 0.15) is 7.14 Å². The summed E-state index contributed by atoms with van der Waals surface area (Å²) in [5.74, 6) is 0. The zero-order chi connectivity index (χ0) is 22.7. The Morgan fingerprint density at radius 1 is 0.871 bits per heavy atom. The third-order valence-electron chi connectivity index (χ3n) is 7.27. The van der Waals surface area contributed by atoms with Crippen LogP contribution >= 0.6 is 7.14 Å². The van der Waals surface area contributed by atoms with Gasteiger partial charge in [-0.2, -0.15) is 0 Å². The van der Waals surface area contributed by atoms with Crippen LogP contribution in [0.25, 0.3) is 0 Å². The summed E-state index contributed by atoms with van der Waals surface area (Å²) in [5, 5.41) is 13.0. The molecule has 0 spiro atoms. The molecule has 3 nitrogen and oxygen atoms in total. The van der Waals surface area contributed by atoms with Crippen LogP contribution < -0.4 is 10.6 Å². The van der Waals surface area contributed by atoms with Gasteiger partial charge in [-0.1, -0.05) is 81.4 Å². The van der Waals surface area contributed by atoms with Gasteiger partial charge in [0.05, 0.1) is 6.10 Å². The molecule has 1 aliphatic rings. The van der Waals surface area contributed by atoms with Gasteiger partial charge in [-0.25, -0.2) is 0 Å². The molecule has 0 amide bonds.